The van der Waals surface area contributed by atoms with Crippen LogP contribution in [0.2, 0.25) is 0 Å². The molecular weight excluding hydrogens is 348 g/mol. The maximum atomic E-state index is 11.5. The predicted octanol–water partition coefficient (Wildman–Crippen LogP) is 4.69. The number of aliphatic hydroxyl groups excluding tert-OH is 3. The molecule has 9 atom stereocenters. The van der Waals surface area contributed by atoms with Crippen molar-refractivity contribution in [1.29, 1.82) is 0 Å². The molecule has 160 valence electrons. The van der Waals surface area contributed by atoms with Gasteiger partial charge in [0.1, 0.15) is 0 Å². The Labute approximate surface area is 172 Å². The Balaban J connectivity index is 1.62. The molecule has 28 heavy (non-hydrogen) atoms. The highest BCUT2D eigenvalue weighted by Crippen LogP contribution is 2.69. The van der Waals surface area contributed by atoms with Crippen molar-refractivity contribution >= 4 is 0 Å². The average molecular weight is 391 g/mol. The van der Waals surface area contributed by atoms with Gasteiger partial charge in [-0.15, -0.1) is 0 Å². The second-order valence-electron chi connectivity index (χ2n) is 11.2. The number of fused-ring (bicyclic) bond motifs is 5. The van der Waals surface area contributed by atoms with E-state index in [0.29, 0.717) is 17.8 Å². The second kappa shape index (κ2) is 7.54. The molecule has 4 rings (SSSR count). The number of hydrogen-bond acceptors (Lipinski definition) is 3. The molecule has 4 aliphatic rings. The van der Waals surface area contributed by atoms with E-state index in [1.54, 1.807) is 0 Å². The zero-order valence-corrected chi connectivity index (χ0v) is 18.5. The van der Waals surface area contributed by atoms with Crippen LogP contribution in [0, 0.1) is 46.3 Å². The molecule has 2 radical (unpaired) electrons. The van der Waals surface area contributed by atoms with E-state index in [0.717, 1.165) is 38.5 Å². The van der Waals surface area contributed by atoms with Crippen molar-refractivity contribution in [2.45, 2.75) is 110 Å². The molecule has 0 aliphatic heterocycles. The minimum absolute atomic E-state index is 0.0576. The highest BCUT2D eigenvalue weighted by Gasteiger charge is 2.66. The lowest BCUT2D eigenvalue weighted by atomic mass is 9.43. The standard InChI is InChI=1S/C25H42O3/c1-5-6-7-15(2)18-8-9-19-23-20(14-22(28)25(18,19)4)24(3)11-10-17(26)12-16(24)13-21(23)27/h15,17-22,26-28H,5-14H2,1-4H3/t15-,17+,18-,19+,20+,21-,22+,24+,25-/m1/s1. The van der Waals surface area contributed by atoms with Gasteiger partial charge in [-0.25, -0.2) is 0 Å². The van der Waals surface area contributed by atoms with Crippen molar-refractivity contribution < 1.29 is 15.3 Å². The van der Waals surface area contributed by atoms with Crippen LogP contribution >= 0.6 is 0 Å². The summed E-state index contributed by atoms with van der Waals surface area (Å²) in [7, 11) is 0. The predicted molar refractivity (Wildman–Crippen MR) is 112 cm³/mol. The first-order valence-electron chi connectivity index (χ1n) is 12.0. The monoisotopic (exact) mass is 390 g/mol. The summed E-state index contributed by atoms with van der Waals surface area (Å²) in [6.45, 7) is 9.35. The van der Waals surface area contributed by atoms with Crippen LogP contribution in [0.1, 0.15) is 91.9 Å². The van der Waals surface area contributed by atoms with Gasteiger partial charge in [0.15, 0.2) is 0 Å². The Morgan fingerprint density at radius 1 is 1.04 bits per heavy atom. The van der Waals surface area contributed by atoms with Gasteiger partial charge in [0, 0.05) is 11.3 Å². The van der Waals surface area contributed by atoms with Gasteiger partial charge in [-0.05, 0) is 80.0 Å². The fourth-order valence-electron chi connectivity index (χ4n) is 8.16. The molecule has 0 aromatic carbocycles. The zero-order valence-electron chi connectivity index (χ0n) is 18.5. The van der Waals surface area contributed by atoms with Crippen LogP contribution in [0.5, 0.6) is 0 Å². The Hall–Kier alpha value is -0.120. The molecule has 0 aromatic heterocycles. The molecule has 4 saturated carbocycles. The lowest BCUT2D eigenvalue weighted by Crippen LogP contribution is -2.61. The van der Waals surface area contributed by atoms with Gasteiger partial charge in [-0.3, -0.25) is 0 Å². The Bertz CT molecular complexity index is 564. The van der Waals surface area contributed by atoms with Crippen LogP contribution in [0.15, 0.2) is 0 Å². The maximum absolute atomic E-state index is 11.5. The maximum Gasteiger partial charge on any atom is 0.0614 e. The van der Waals surface area contributed by atoms with E-state index in [1.807, 2.05) is 0 Å². The molecule has 3 heteroatoms. The number of unbranched alkanes of at least 4 members (excludes halogenated alkanes) is 1. The van der Waals surface area contributed by atoms with Crippen molar-refractivity contribution in [3.8, 4) is 0 Å². The lowest BCUT2D eigenvalue weighted by Gasteiger charge is -2.63. The van der Waals surface area contributed by atoms with E-state index >= 15 is 0 Å². The van der Waals surface area contributed by atoms with Crippen molar-refractivity contribution in [2.24, 2.45) is 34.5 Å². The van der Waals surface area contributed by atoms with Gasteiger partial charge >= 0.3 is 0 Å². The molecule has 0 amide bonds. The van der Waals surface area contributed by atoms with Crippen molar-refractivity contribution in [2.75, 3.05) is 0 Å². The smallest absolute Gasteiger partial charge is 0.0614 e. The third kappa shape index (κ3) is 3.02. The van der Waals surface area contributed by atoms with E-state index < -0.39 is 0 Å². The van der Waals surface area contributed by atoms with E-state index in [4.69, 9.17) is 0 Å². The third-order valence-corrected chi connectivity index (χ3v) is 9.88. The van der Waals surface area contributed by atoms with Crippen LogP contribution in [-0.2, 0) is 0 Å². The summed E-state index contributed by atoms with van der Waals surface area (Å²) in [4.78, 5) is 0. The molecule has 4 aliphatic carbocycles. The van der Waals surface area contributed by atoms with Crippen molar-refractivity contribution in [3.63, 3.8) is 0 Å². The number of aliphatic hydroxyl groups is 3. The SMILES string of the molecule is CCCC[C@@H](C)[C@H]1CC[C@H]2[C]3[C@H](O)C[C]4C[C@@H](O)CC[C@]4(C)[C@H]3C[C@H](O)[C@]12C. The van der Waals surface area contributed by atoms with E-state index in [1.165, 1.54) is 37.5 Å². The topological polar surface area (TPSA) is 60.7 Å². The summed E-state index contributed by atoms with van der Waals surface area (Å²) < 4.78 is 0. The normalized spacial score (nSPS) is 50.7. The van der Waals surface area contributed by atoms with E-state index in [9.17, 15) is 15.3 Å². The van der Waals surface area contributed by atoms with Gasteiger partial charge in [0.2, 0.25) is 0 Å². The largest absolute Gasteiger partial charge is 0.393 e. The van der Waals surface area contributed by atoms with Gasteiger partial charge < -0.3 is 15.3 Å². The molecule has 3 nitrogen and oxygen atoms in total. The Kier molecular flexibility index (Phi) is 5.69. The molecule has 0 heterocycles. The minimum atomic E-state index is -0.375. The highest BCUT2D eigenvalue weighted by molar-refractivity contribution is 5.32. The molecular formula is C25H42O3. The van der Waals surface area contributed by atoms with Crippen LogP contribution in [0.3, 0.4) is 0 Å². The molecule has 0 saturated heterocycles. The van der Waals surface area contributed by atoms with Crippen LogP contribution in [-0.4, -0.2) is 33.6 Å². The first-order valence-corrected chi connectivity index (χ1v) is 12.0. The van der Waals surface area contributed by atoms with Gasteiger partial charge in [0.05, 0.1) is 18.3 Å². The average Bonchev–Trinajstić information content (AvgIpc) is 3.01. The fraction of sp³-hybridized carbons (Fsp3) is 0.920. The Morgan fingerprint density at radius 3 is 2.50 bits per heavy atom. The van der Waals surface area contributed by atoms with Crippen LogP contribution in [0.25, 0.3) is 0 Å². The molecule has 0 unspecified atom stereocenters. The highest BCUT2D eigenvalue weighted by atomic mass is 16.3. The quantitative estimate of drug-likeness (QED) is 0.652. The summed E-state index contributed by atoms with van der Waals surface area (Å²) >= 11 is 0. The summed E-state index contributed by atoms with van der Waals surface area (Å²) in [5.74, 6) is 4.58. The first kappa shape index (κ1) is 21.1. The third-order valence-electron chi connectivity index (χ3n) is 9.88. The van der Waals surface area contributed by atoms with Crippen molar-refractivity contribution in [3.05, 3.63) is 11.8 Å². The van der Waals surface area contributed by atoms with Crippen LogP contribution < -0.4 is 0 Å². The number of rotatable bonds is 4. The molecule has 4 fully saturated rings. The summed E-state index contributed by atoms with van der Waals surface area (Å²) in [5.41, 5.74) is -0.0238. The zero-order chi connectivity index (χ0) is 20.3. The summed E-state index contributed by atoms with van der Waals surface area (Å²) in [5, 5.41) is 32.9. The number of hydrogen-bond donors (Lipinski definition) is 3. The van der Waals surface area contributed by atoms with Crippen molar-refractivity contribution in [1.82, 2.24) is 0 Å². The van der Waals surface area contributed by atoms with Crippen LogP contribution in [0.4, 0.5) is 0 Å². The van der Waals surface area contributed by atoms with Gasteiger partial charge in [0.25, 0.3) is 0 Å². The lowest BCUT2D eigenvalue weighted by molar-refractivity contribution is -0.121. The first-order chi connectivity index (χ1) is 13.2. The molecule has 3 N–H and O–H groups in total. The molecule has 0 aromatic rings. The summed E-state index contributed by atoms with van der Waals surface area (Å²) in [6.07, 6.45) is 9.32. The fourth-order valence-corrected chi connectivity index (χ4v) is 8.16. The summed E-state index contributed by atoms with van der Waals surface area (Å²) in [6, 6.07) is 0. The van der Waals surface area contributed by atoms with Gasteiger partial charge in [-0.2, -0.15) is 0 Å². The minimum Gasteiger partial charge on any atom is -0.393 e. The molecule has 0 spiro atoms. The van der Waals surface area contributed by atoms with E-state index in [-0.39, 0.29) is 35.1 Å². The van der Waals surface area contributed by atoms with Gasteiger partial charge in [-0.1, -0.05) is 47.0 Å². The molecule has 0 bridgehead atoms. The van der Waals surface area contributed by atoms with E-state index in [2.05, 4.69) is 27.7 Å². The second-order valence-corrected chi connectivity index (χ2v) is 11.2. The Morgan fingerprint density at radius 2 is 1.79 bits per heavy atom.